The Balaban J connectivity index is 0. The van der Waals surface area contributed by atoms with Crippen LogP contribution in [0, 0.1) is 13.2 Å². The van der Waals surface area contributed by atoms with Gasteiger partial charge in [0.05, 0.1) is 0 Å². The van der Waals surface area contributed by atoms with Gasteiger partial charge in [0.25, 0.3) is 0 Å². The number of hydrogen-bond donors (Lipinski definition) is 1. The van der Waals surface area contributed by atoms with Crippen LogP contribution in [0.4, 0.5) is 0 Å². The number of hydrogen-bond acceptors (Lipinski definition) is 1. The largest absolute Gasteiger partial charge is 2.00 e. The third-order valence-electron chi connectivity index (χ3n) is 0.607. The van der Waals surface area contributed by atoms with Crippen molar-refractivity contribution < 1.29 is 26.2 Å². The predicted octanol–water partition coefficient (Wildman–Crippen LogP) is 1.63. The quantitative estimate of drug-likeness (QED) is 0.721. The van der Waals surface area contributed by atoms with Gasteiger partial charge >= 0.3 is 21.1 Å². The van der Waals surface area contributed by atoms with Gasteiger partial charge in [0, 0.05) is 0 Å². The third kappa shape index (κ3) is 7.87. The Morgan fingerprint density at radius 2 is 1.44 bits per heavy atom. The summed E-state index contributed by atoms with van der Waals surface area (Å²) in [6, 6.07) is 12.5. The van der Waals surface area contributed by atoms with Crippen LogP contribution in [0.15, 0.2) is 30.3 Å². The van der Waals surface area contributed by atoms with E-state index in [4.69, 9.17) is 5.11 Å². The topological polar surface area (TPSA) is 20.2 Å². The van der Waals surface area contributed by atoms with Crippen LogP contribution in [0.5, 0.6) is 0 Å². The molecule has 0 aliphatic rings. The van der Waals surface area contributed by atoms with Crippen LogP contribution in [0.2, 0.25) is 0 Å². The van der Waals surface area contributed by atoms with Crippen molar-refractivity contribution in [1.29, 1.82) is 0 Å². The smallest absolute Gasteiger partial charge is 0.569 e. The van der Waals surface area contributed by atoms with Gasteiger partial charge in [-0.3, -0.25) is 0 Å². The van der Waals surface area contributed by atoms with E-state index in [1.54, 1.807) is 0 Å². The maximum atomic E-state index is 6.75. The van der Waals surface area contributed by atoms with Crippen molar-refractivity contribution in [1.82, 2.24) is 0 Å². The molecule has 1 nitrogen and oxygen atoms in total. The Bertz CT molecular complexity index is 80.8. The summed E-state index contributed by atoms with van der Waals surface area (Å²) in [5, 5.41) is 6.75. The summed E-state index contributed by atoms with van der Waals surface area (Å²) < 4.78 is 0. The maximum absolute atomic E-state index is 6.75. The van der Waals surface area contributed by atoms with Crippen molar-refractivity contribution in [2.24, 2.45) is 0 Å². The van der Waals surface area contributed by atoms with Crippen LogP contribution in [0.1, 0.15) is 0 Å². The minimum Gasteiger partial charge on any atom is -0.569 e. The van der Waals surface area contributed by atoms with Crippen LogP contribution < -0.4 is 0 Å². The monoisotopic (exact) mass is 292 g/mol. The average Bonchev–Trinajstić information content (AvgIpc) is 1.96. The van der Waals surface area contributed by atoms with Gasteiger partial charge in [-0.05, 0) is 0 Å². The Labute approximate surface area is 70.0 Å². The SMILES string of the molecule is [CH2-]O.[W+2].[c-]1ccccc1. The Morgan fingerprint density at radius 3 is 1.56 bits per heavy atom. The first-order chi connectivity index (χ1) is 4.00. The fourth-order valence-corrected chi connectivity index (χ4v) is 0.342. The second-order valence-corrected chi connectivity index (χ2v) is 1.08. The molecule has 48 valence electrons. The molecule has 0 aromatic heterocycles. The molecule has 0 radical (unpaired) electrons. The Hall–Kier alpha value is -0.132. The van der Waals surface area contributed by atoms with Gasteiger partial charge < -0.3 is 5.11 Å². The molecule has 2 heteroatoms. The number of rotatable bonds is 0. The molecule has 0 unspecified atom stereocenters. The molecule has 0 amide bonds. The van der Waals surface area contributed by atoms with E-state index >= 15 is 0 Å². The van der Waals surface area contributed by atoms with Crippen LogP contribution in [0.3, 0.4) is 0 Å². The zero-order valence-electron chi connectivity index (χ0n) is 4.95. The molecule has 0 heterocycles. The molecular weight excluding hydrogens is 284 g/mol. The summed E-state index contributed by atoms with van der Waals surface area (Å²) >= 11 is 0. The summed E-state index contributed by atoms with van der Waals surface area (Å²) in [5.41, 5.74) is 0. The molecule has 9 heavy (non-hydrogen) atoms. The fraction of sp³-hybridized carbons (Fsp3) is 0. The molecule has 0 fully saturated rings. The molecule has 1 rings (SSSR count). The van der Waals surface area contributed by atoms with Crippen molar-refractivity contribution in [3.8, 4) is 0 Å². The van der Waals surface area contributed by atoms with E-state index in [1.165, 1.54) is 0 Å². The molecule has 0 spiro atoms. The second kappa shape index (κ2) is 10.8. The van der Waals surface area contributed by atoms with E-state index in [1.807, 2.05) is 30.3 Å². The summed E-state index contributed by atoms with van der Waals surface area (Å²) in [6.45, 7) is 0. The molecule has 0 saturated heterocycles. The predicted molar refractivity (Wildman–Crippen MR) is 32.6 cm³/mol. The molecule has 0 aliphatic carbocycles. The normalized spacial score (nSPS) is 6.00. The molecule has 0 bridgehead atoms. The number of aliphatic hydroxyl groups is 1. The van der Waals surface area contributed by atoms with Crippen LogP contribution in [-0.2, 0) is 21.1 Å². The zero-order chi connectivity index (χ0) is 6.24. The first-order valence-corrected chi connectivity index (χ1v) is 2.23. The van der Waals surface area contributed by atoms with Crippen molar-refractivity contribution in [2.45, 2.75) is 0 Å². The number of aliphatic hydroxyl groups excluding tert-OH is 1. The van der Waals surface area contributed by atoms with Gasteiger partial charge in [-0.2, -0.15) is 36.4 Å². The Morgan fingerprint density at radius 1 is 1.00 bits per heavy atom. The van der Waals surface area contributed by atoms with Crippen molar-refractivity contribution >= 4 is 0 Å². The van der Waals surface area contributed by atoms with Crippen molar-refractivity contribution in [3.63, 3.8) is 0 Å². The van der Waals surface area contributed by atoms with Crippen molar-refractivity contribution in [3.05, 3.63) is 43.5 Å². The van der Waals surface area contributed by atoms with Gasteiger partial charge in [-0.25, -0.2) is 7.11 Å². The van der Waals surface area contributed by atoms with Gasteiger partial charge in [-0.15, -0.1) is 0 Å². The average molecular weight is 292 g/mol. The first-order valence-electron chi connectivity index (χ1n) is 2.23. The molecule has 1 aromatic carbocycles. The maximum Gasteiger partial charge on any atom is 2.00 e. The van der Waals surface area contributed by atoms with E-state index in [0.717, 1.165) is 0 Å². The Kier molecular flexibility index (Phi) is 13.9. The van der Waals surface area contributed by atoms with Gasteiger partial charge in [0.1, 0.15) is 0 Å². The minimum atomic E-state index is 0. The molecule has 1 N–H and O–H groups in total. The van der Waals surface area contributed by atoms with Crippen LogP contribution in [0.25, 0.3) is 0 Å². The van der Waals surface area contributed by atoms with E-state index in [-0.39, 0.29) is 21.1 Å². The first kappa shape index (κ1) is 11.6. The van der Waals surface area contributed by atoms with E-state index < -0.39 is 0 Å². The van der Waals surface area contributed by atoms with Crippen LogP contribution >= 0.6 is 0 Å². The molecule has 1 aromatic rings. The third-order valence-corrected chi connectivity index (χ3v) is 0.607. The summed E-state index contributed by atoms with van der Waals surface area (Å²) in [6.07, 6.45) is 0. The summed E-state index contributed by atoms with van der Waals surface area (Å²) in [4.78, 5) is 0. The van der Waals surface area contributed by atoms with Gasteiger partial charge in [-0.1, -0.05) is 0 Å². The van der Waals surface area contributed by atoms with E-state index in [9.17, 15) is 0 Å². The molecule has 0 atom stereocenters. The number of benzene rings is 1. The zero-order valence-corrected chi connectivity index (χ0v) is 7.88. The molecule has 0 saturated carbocycles. The molecule has 0 aliphatic heterocycles. The van der Waals surface area contributed by atoms with Gasteiger partial charge in [0.2, 0.25) is 0 Å². The second-order valence-electron chi connectivity index (χ2n) is 1.08. The standard InChI is InChI=1S/C6H5.CH3O.W/c1-2-4-6-5-3-1;1-2;/h1-5H;2H,1H2;/q2*-1;+2. The van der Waals surface area contributed by atoms with E-state index in [0.29, 0.717) is 0 Å². The molecular formula is C7H8OW. The van der Waals surface area contributed by atoms with Crippen LogP contribution in [-0.4, -0.2) is 5.11 Å². The van der Waals surface area contributed by atoms with Gasteiger partial charge in [0.15, 0.2) is 0 Å². The minimum absolute atomic E-state index is 0. The summed E-state index contributed by atoms with van der Waals surface area (Å²) in [7, 11) is 2.25. The summed E-state index contributed by atoms with van der Waals surface area (Å²) in [5.74, 6) is 0. The van der Waals surface area contributed by atoms with Crippen molar-refractivity contribution in [2.75, 3.05) is 0 Å². The van der Waals surface area contributed by atoms with E-state index in [2.05, 4.69) is 13.2 Å². The fourth-order valence-electron chi connectivity index (χ4n) is 0.342.